The van der Waals surface area contributed by atoms with Gasteiger partial charge in [-0.1, -0.05) is 15.9 Å². The molecule has 1 N–H and O–H groups in total. The van der Waals surface area contributed by atoms with Crippen LogP contribution in [-0.2, 0) is 20.7 Å². The second-order valence-electron chi connectivity index (χ2n) is 6.39. The molecule has 168 valence electrons. The number of esters is 2. The summed E-state index contributed by atoms with van der Waals surface area (Å²) in [7, 11) is 0. The number of halogens is 2. The molecule has 0 bridgehead atoms. The van der Waals surface area contributed by atoms with E-state index in [1.165, 1.54) is 6.08 Å². The fraction of sp³-hybridized carbons (Fsp3) is 0.273. The van der Waals surface area contributed by atoms with Crippen molar-refractivity contribution in [1.82, 2.24) is 0 Å². The summed E-state index contributed by atoms with van der Waals surface area (Å²) in [6, 6.07) is 5.02. The van der Waals surface area contributed by atoms with Crippen molar-refractivity contribution in [3.05, 3.63) is 53.1 Å². The van der Waals surface area contributed by atoms with E-state index in [-0.39, 0.29) is 47.0 Å². The lowest BCUT2D eigenvalue weighted by Gasteiger charge is -2.06. The van der Waals surface area contributed by atoms with Gasteiger partial charge in [-0.2, -0.15) is 5.26 Å². The zero-order valence-electron chi connectivity index (χ0n) is 17.5. The highest BCUT2D eigenvalue weighted by Crippen LogP contribution is 2.34. The number of benzene rings is 1. The van der Waals surface area contributed by atoms with E-state index in [1.54, 1.807) is 32.9 Å². The summed E-state index contributed by atoms with van der Waals surface area (Å²) in [5.74, 6) is -1.96. The zero-order valence-corrected chi connectivity index (χ0v) is 21.4. The molecule has 10 heteroatoms. The van der Waals surface area contributed by atoms with Gasteiger partial charge in [0.2, 0.25) is 0 Å². The molecule has 0 unspecified atom stereocenters. The van der Waals surface area contributed by atoms with Crippen LogP contribution in [0.15, 0.2) is 26.7 Å². The van der Waals surface area contributed by atoms with Crippen LogP contribution in [0.1, 0.15) is 49.9 Å². The summed E-state index contributed by atoms with van der Waals surface area (Å²) < 4.78 is 11.2. The number of carbonyl (C=O) groups is 3. The van der Waals surface area contributed by atoms with E-state index in [0.717, 1.165) is 11.3 Å². The number of rotatable bonds is 8. The minimum absolute atomic E-state index is 0.122. The van der Waals surface area contributed by atoms with Crippen LogP contribution >= 0.6 is 43.2 Å². The van der Waals surface area contributed by atoms with Crippen LogP contribution in [0.25, 0.3) is 6.08 Å². The predicted molar refractivity (Wildman–Crippen MR) is 127 cm³/mol. The Morgan fingerprint density at radius 1 is 1.16 bits per heavy atom. The minimum Gasteiger partial charge on any atom is -0.506 e. The Hall–Kier alpha value is -2.48. The van der Waals surface area contributed by atoms with Gasteiger partial charge in [0.05, 0.1) is 28.8 Å². The number of carbonyl (C=O) groups excluding carboxylic acids is 3. The molecular formula is C22H19Br2NO6S. The van der Waals surface area contributed by atoms with Gasteiger partial charge in [-0.25, -0.2) is 9.59 Å². The molecule has 2 aromatic rings. The monoisotopic (exact) mass is 583 g/mol. The molecule has 0 radical (unpaired) electrons. The number of phenolic OH excluding ortho intramolecular Hbond substituents is 1. The summed E-state index contributed by atoms with van der Waals surface area (Å²) in [5.41, 5.74) is 0.532. The molecule has 7 nitrogen and oxygen atoms in total. The van der Waals surface area contributed by atoms with Crippen LogP contribution in [0, 0.1) is 18.3 Å². The smallest absolute Gasteiger partial charge is 0.348 e. The van der Waals surface area contributed by atoms with Gasteiger partial charge >= 0.3 is 11.9 Å². The molecule has 0 saturated carbocycles. The van der Waals surface area contributed by atoms with Crippen molar-refractivity contribution in [3.63, 3.8) is 0 Å². The molecule has 0 aliphatic heterocycles. The Morgan fingerprint density at radius 3 is 2.38 bits per heavy atom. The first-order valence-electron chi connectivity index (χ1n) is 9.43. The number of ketones is 1. The van der Waals surface area contributed by atoms with E-state index >= 15 is 0 Å². The van der Waals surface area contributed by atoms with Crippen LogP contribution in [0.3, 0.4) is 0 Å². The number of hydrogen-bond acceptors (Lipinski definition) is 8. The maximum atomic E-state index is 12.9. The molecule has 32 heavy (non-hydrogen) atoms. The van der Waals surface area contributed by atoms with E-state index in [4.69, 9.17) is 9.47 Å². The number of hydrogen-bond donors (Lipinski definition) is 1. The number of nitriles is 1. The van der Waals surface area contributed by atoms with E-state index in [1.807, 2.05) is 6.07 Å². The Labute approximate surface area is 205 Å². The normalized spacial score (nSPS) is 11.1. The molecule has 1 aromatic heterocycles. The maximum Gasteiger partial charge on any atom is 0.348 e. The lowest BCUT2D eigenvalue weighted by atomic mass is 10.0. The van der Waals surface area contributed by atoms with Crippen molar-refractivity contribution in [2.24, 2.45) is 0 Å². The first-order valence-corrected chi connectivity index (χ1v) is 11.8. The summed E-state index contributed by atoms with van der Waals surface area (Å²) >= 11 is 7.46. The van der Waals surface area contributed by atoms with Crippen molar-refractivity contribution < 1.29 is 29.0 Å². The number of nitrogens with zero attached hydrogens (tertiary/aromatic N) is 1. The SMILES string of the molecule is CCOC(=O)c1sc(CC(=O)/C(C#N)=C/c2cc(Br)cc(Br)c2O)c(C(=O)OCC)c1C. The topological polar surface area (TPSA) is 114 Å². The fourth-order valence-electron chi connectivity index (χ4n) is 2.83. The van der Waals surface area contributed by atoms with E-state index < -0.39 is 17.7 Å². The van der Waals surface area contributed by atoms with Gasteiger partial charge in [0, 0.05) is 21.3 Å². The molecule has 2 rings (SSSR count). The third-order valence-corrected chi connectivity index (χ3v) is 6.59. The van der Waals surface area contributed by atoms with Gasteiger partial charge in [0.15, 0.2) is 5.78 Å². The number of phenols is 1. The molecule has 0 aliphatic rings. The second-order valence-corrected chi connectivity index (χ2v) is 9.27. The van der Waals surface area contributed by atoms with Crippen molar-refractivity contribution >= 4 is 67.0 Å². The first-order chi connectivity index (χ1) is 15.1. The molecule has 0 aliphatic carbocycles. The predicted octanol–water partition coefficient (Wildman–Crippen LogP) is 5.36. The first kappa shape index (κ1) is 25.8. The van der Waals surface area contributed by atoms with Crippen LogP contribution < -0.4 is 0 Å². The third kappa shape index (κ3) is 5.85. The molecule has 0 spiro atoms. The maximum absolute atomic E-state index is 12.9. The third-order valence-electron chi connectivity index (χ3n) is 4.26. The Bertz CT molecular complexity index is 1150. The van der Waals surface area contributed by atoms with Crippen LogP contribution in [0.4, 0.5) is 0 Å². The lowest BCUT2D eigenvalue weighted by Crippen LogP contribution is -2.12. The lowest BCUT2D eigenvalue weighted by molar-refractivity contribution is -0.114. The Balaban J connectivity index is 2.49. The Kier molecular flexibility index (Phi) is 9.19. The number of aromatic hydroxyl groups is 1. The van der Waals surface area contributed by atoms with Crippen LogP contribution in [0.5, 0.6) is 5.75 Å². The number of thiophene rings is 1. The Morgan fingerprint density at radius 2 is 1.78 bits per heavy atom. The largest absolute Gasteiger partial charge is 0.506 e. The minimum atomic E-state index is -0.657. The highest BCUT2D eigenvalue weighted by Gasteiger charge is 2.28. The highest BCUT2D eigenvalue weighted by molar-refractivity contribution is 9.11. The summed E-state index contributed by atoms with van der Waals surface area (Å²) in [5, 5.41) is 19.8. The van der Waals surface area contributed by atoms with E-state index in [9.17, 15) is 24.8 Å². The van der Waals surface area contributed by atoms with Crippen molar-refractivity contribution in [1.29, 1.82) is 5.26 Å². The average Bonchev–Trinajstić information content (AvgIpc) is 3.05. The van der Waals surface area contributed by atoms with E-state index in [0.29, 0.717) is 19.4 Å². The quantitative estimate of drug-likeness (QED) is 0.252. The van der Waals surface area contributed by atoms with Gasteiger partial charge in [-0.05, 0) is 60.5 Å². The second kappa shape index (κ2) is 11.4. The van der Waals surface area contributed by atoms with Crippen LogP contribution in [0.2, 0.25) is 0 Å². The van der Waals surface area contributed by atoms with Gasteiger partial charge in [-0.15, -0.1) is 11.3 Å². The fourth-order valence-corrected chi connectivity index (χ4v) is 5.27. The standard InChI is InChI=1S/C22H19Br2NO6S/c1-4-30-21(28)18-11(3)20(22(29)31-5-2)32-17(18)9-16(26)13(10-25)6-12-7-14(23)8-15(24)19(12)27/h6-8,27H,4-5,9H2,1-3H3/b13-6+. The highest BCUT2D eigenvalue weighted by atomic mass is 79.9. The zero-order chi connectivity index (χ0) is 24.0. The number of ether oxygens (including phenoxy) is 2. The summed E-state index contributed by atoms with van der Waals surface area (Å²) in [6.45, 7) is 5.18. The average molecular weight is 585 g/mol. The molecule has 0 amide bonds. The van der Waals surface area contributed by atoms with Crippen molar-refractivity contribution in [2.45, 2.75) is 27.2 Å². The summed E-state index contributed by atoms with van der Waals surface area (Å²) in [4.78, 5) is 38.2. The molecule has 0 fully saturated rings. The van der Waals surface area contributed by atoms with Crippen molar-refractivity contribution in [3.8, 4) is 11.8 Å². The molecule has 1 aromatic carbocycles. The summed E-state index contributed by atoms with van der Waals surface area (Å²) in [6.07, 6.45) is 0.971. The molecule has 0 atom stereocenters. The van der Waals surface area contributed by atoms with Crippen molar-refractivity contribution in [2.75, 3.05) is 13.2 Å². The van der Waals surface area contributed by atoms with Gasteiger partial charge < -0.3 is 14.6 Å². The molecule has 0 saturated heterocycles. The molecule has 1 heterocycles. The number of allylic oxidation sites excluding steroid dienone is 1. The van der Waals surface area contributed by atoms with E-state index in [2.05, 4.69) is 31.9 Å². The van der Waals surface area contributed by atoms with Gasteiger partial charge in [-0.3, -0.25) is 4.79 Å². The molecular weight excluding hydrogens is 566 g/mol. The number of Topliss-reactive ketones (excluding diaryl/α,β-unsaturated/α-hetero) is 1. The van der Waals surface area contributed by atoms with Gasteiger partial charge in [0.25, 0.3) is 0 Å². The van der Waals surface area contributed by atoms with Gasteiger partial charge in [0.1, 0.15) is 16.7 Å². The van der Waals surface area contributed by atoms with Crippen LogP contribution in [-0.4, -0.2) is 36.0 Å².